The van der Waals surface area contributed by atoms with E-state index in [0.717, 1.165) is 17.0 Å². The number of hydrogen-bond donors (Lipinski definition) is 1. The molecule has 0 aliphatic rings. The van der Waals surface area contributed by atoms with E-state index in [-0.39, 0.29) is 0 Å². The Labute approximate surface area is 91.5 Å². The fourth-order valence-electron chi connectivity index (χ4n) is 1.30. The number of hydrogen-bond acceptors (Lipinski definition) is 2. The van der Waals surface area contributed by atoms with Gasteiger partial charge < -0.3 is 9.40 Å². The maximum Gasteiger partial charge on any atom is 0.266 e. The summed E-state index contributed by atoms with van der Waals surface area (Å²) < 4.78 is 5.23. The van der Waals surface area contributed by atoms with Gasteiger partial charge in [0.2, 0.25) is 0 Å². The molecule has 0 saturated heterocycles. The minimum atomic E-state index is 0.396. The molecule has 0 aliphatic heterocycles. The predicted octanol–water partition coefficient (Wildman–Crippen LogP) is 3.97. The Kier molecular flexibility index (Phi) is 2.44. The SMILES string of the molecule is Cc1oc(=S)[nH]c1-c1ccc(Cl)cc1. The zero-order chi connectivity index (χ0) is 10.1. The predicted molar refractivity (Wildman–Crippen MR) is 59.1 cm³/mol. The average molecular weight is 226 g/mol. The van der Waals surface area contributed by atoms with Crippen molar-refractivity contribution in [1.29, 1.82) is 0 Å². The lowest BCUT2D eigenvalue weighted by atomic mass is 10.1. The quantitative estimate of drug-likeness (QED) is 0.745. The summed E-state index contributed by atoms with van der Waals surface area (Å²) in [6, 6.07) is 7.51. The highest BCUT2D eigenvalue weighted by molar-refractivity contribution is 7.71. The zero-order valence-corrected chi connectivity index (χ0v) is 9.08. The van der Waals surface area contributed by atoms with E-state index in [1.807, 2.05) is 31.2 Å². The van der Waals surface area contributed by atoms with Crippen molar-refractivity contribution in [2.45, 2.75) is 6.92 Å². The maximum atomic E-state index is 5.79. The fourth-order valence-corrected chi connectivity index (χ4v) is 1.65. The number of aromatic amines is 1. The molecule has 0 saturated carbocycles. The van der Waals surface area contributed by atoms with Gasteiger partial charge in [-0.05, 0) is 31.3 Å². The molecule has 0 radical (unpaired) electrons. The Morgan fingerprint density at radius 2 is 1.93 bits per heavy atom. The van der Waals surface area contributed by atoms with Crippen LogP contribution in [0.2, 0.25) is 5.02 Å². The van der Waals surface area contributed by atoms with E-state index in [0.29, 0.717) is 9.86 Å². The van der Waals surface area contributed by atoms with Crippen LogP contribution >= 0.6 is 23.8 Å². The molecule has 1 aromatic heterocycles. The van der Waals surface area contributed by atoms with Gasteiger partial charge in [0.05, 0.1) is 5.69 Å². The van der Waals surface area contributed by atoms with Gasteiger partial charge in [0.15, 0.2) is 0 Å². The molecule has 0 fully saturated rings. The van der Waals surface area contributed by atoms with E-state index in [4.69, 9.17) is 28.2 Å². The van der Waals surface area contributed by atoms with Gasteiger partial charge in [-0.15, -0.1) is 0 Å². The van der Waals surface area contributed by atoms with Crippen LogP contribution < -0.4 is 0 Å². The molecule has 2 aromatic rings. The van der Waals surface area contributed by atoms with Gasteiger partial charge in [0.1, 0.15) is 5.76 Å². The van der Waals surface area contributed by atoms with E-state index in [1.165, 1.54) is 0 Å². The summed E-state index contributed by atoms with van der Waals surface area (Å²) >= 11 is 10.7. The van der Waals surface area contributed by atoms with Crippen LogP contribution in [0, 0.1) is 11.8 Å². The summed E-state index contributed by atoms with van der Waals surface area (Å²) in [5, 5.41) is 0.716. The molecule has 0 spiro atoms. The van der Waals surface area contributed by atoms with Crippen molar-refractivity contribution in [2.24, 2.45) is 0 Å². The van der Waals surface area contributed by atoms with Crippen LogP contribution in [0.3, 0.4) is 0 Å². The number of rotatable bonds is 1. The summed E-state index contributed by atoms with van der Waals surface area (Å²) in [6.45, 7) is 1.87. The fraction of sp³-hybridized carbons (Fsp3) is 0.100. The van der Waals surface area contributed by atoms with E-state index in [9.17, 15) is 0 Å². The summed E-state index contributed by atoms with van der Waals surface area (Å²) in [4.78, 5) is 3.38. The van der Waals surface area contributed by atoms with Gasteiger partial charge in [-0.2, -0.15) is 0 Å². The summed E-state index contributed by atoms with van der Waals surface area (Å²) in [5.41, 5.74) is 1.93. The monoisotopic (exact) mass is 225 g/mol. The molecule has 1 aromatic carbocycles. The number of aromatic nitrogens is 1. The van der Waals surface area contributed by atoms with Gasteiger partial charge in [-0.25, -0.2) is 0 Å². The van der Waals surface area contributed by atoms with Gasteiger partial charge >= 0.3 is 0 Å². The van der Waals surface area contributed by atoms with E-state index < -0.39 is 0 Å². The van der Waals surface area contributed by atoms with Gasteiger partial charge in [0, 0.05) is 10.6 Å². The lowest BCUT2D eigenvalue weighted by Crippen LogP contribution is -1.79. The van der Waals surface area contributed by atoms with Crippen LogP contribution in [0.4, 0.5) is 0 Å². The van der Waals surface area contributed by atoms with Crippen molar-refractivity contribution >= 4 is 23.8 Å². The molecule has 72 valence electrons. The number of nitrogens with one attached hydrogen (secondary N) is 1. The Morgan fingerprint density at radius 3 is 2.43 bits per heavy atom. The topological polar surface area (TPSA) is 28.9 Å². The standard InChI is InChI=1S/C10H8ClNOS/c1-6-9(12-10(14)13-6)7-2-4-8(11)5-3-7/h2-5H,1H3,(H,12,14). The van der Waals surface area contributed by atoms with Crippen molar-refractivity contribution in [2.75, 3.05) is 0 Å². The average Bonchev–Trinajstić information content (AvgIpc) is 2.47. The molecule has 2 nitrogen and oxygen atoms in total. The van der Waals surface area contributed by atoms with Crippen molar-refractivity contribution in [3.05, 3.63) is 39.9 Å². The first kappa shape index (κ1) is 9.49. The highest BCUT2D eigenvalue weighted by atomic mass is 35.5. The Bertz CT molecular complexity index is 498. The Hall–Kier alpha value is -1.06. The Morgan fingerprint density at radius 1 is 1.29 bits per heavy atom. The third kappa shape index (κ3) is 1.74. The van der Waals surface area contributed by atoms with Crippen LogP contribution in [0.25, 0.3) is 11.3 Å². The van der Waals surface area contributed by atoms with E-state index in [1.54, 1.807) is 0 Å². The van der Waals surface area contributed by atoms with Crippen molar-refractivity contribution in [1.82, 2.24) is 4.98 Å². The number of oxazole rings is 1. The van der Waals surface area contributed by atoms with Crippen molar-refractivity contribution in [3.8, 4) is 11.3 Å². The molecule has 0 unspecified atom stereocenters. The second-order valence-electron chi connectivity index (χ2n) is 2.95. The maximum absolute atomic E-state index is 5.79. The summed E-state index contributed by atoms with van der Waals surface area (Å²) in [5.74, 6) is 0.789. The molecule has 14 heavy (non-hydrogen) atoms. The normalized spacial score (nSPS) is 10.4. The van der Waals surface area contributed by atoms with Crippen LogP contribution in [0.1, 0.15) is 5.76 Å². The number of halogens is 1. The lowest BCUT2D eigenvalue weighted by Gasteiger charge is -1.97. The third-order valence-corrected chi connectivity index (χ3v) is 2.40. The van der Waals surface area contributed by atoms with Gasteiger partial charge in [-0.3, -0.25) is 0 Å². The second-order valence-corrected chi connectivity index (χ2v) is 3.76. The van der Waals surface area contributed by atoms with Gasteiger partial charge in [-0.1, -0.05) is 23.7 Å². The van der Waals surface area contributed by atoms with Crippen LogP contribution in [0.15, 0.2) is 28.7 Å². The minimum absolute atomic E-state index is 0.396. The molecule has 0 bridgehead atoms. The molecule has 0 atom stereocenters. The van der Waals surface area contributed by atoms with Crippen molar-refractivity contribution in [3.63, 3.8) is 0 Å². The molecule has 0 amide bonds. The van der Waals surface area contributed by atoms with Gasteiger partial charge in [0.25, 0.3) is 4.84 Å². The summed E-state index contributed by atoms with van der Waals surface area (Å²) in [6.07, 6.45) is 0. The molecular formula is C10H8ClNOS. The van der Waals surface area contributed by atoms with Crippen LogP contribution in [-0.2, 0) is 0 Å². The molecule has 4 heteroatoms. The molecule has 0 aliphatic carbocycles. The first-order valence-electron chi connectivity index (χ1n) is 4.12. The molecule has 1 heterocycles. The lowest BCUT2D eigenvalue weighted by molar-refractivity contribution is 0.512. The van der Waals surface area contributed by atoms with Crippen LogP contribution in [-0.4, -0.2) is 4.98 Å². The highest BCUT2D eigenvalue weighted by Gasteiger charge is 2.05. The molecule has 2 rings (SSSR count). The highest BCUT2D eigenvalue weighted by Crippen LogP contribution is 2.23. The third-order valence-electron chi connectivity index (χ3n) is 1.96. The first-order chi connectivity index (χ1) is 6.66. The number of aryl methyl sites for hydroxylation is 1. The number of H-pyrrole nitrogens is 1. The van der Waals surface area contributed by atoms with E-state index >= 15 is 0 Å². The zero-order valence-electron chi connectivity index (χ0n) is 7.50. The minimum Gasteiger partial charge on any atom is -0.434 e. The van der Waals surface area contributed by atoms with Crippen LogP contribution in [0.5, 0.6) is 0 Å². The molecular weight excluding hydrogens is 218 g/mol. The first-order valence-corrected chi connectivity index (χ1v) is 4.91. The number of benzene rings is 1. The smallest absolute Gasteiger partial charge is 0.266 e. The Balaban J connectivity index is 2.54. The molecule has 1 N–H and O–H groups in total. The summed E-state index contributed by atoms with van der Waals surface area (Å²) in [7, 11) is 0. The second kappa shape index (κ2) is 3.59. The van der Waals surface area contributed by atoms with E-state index in [2.05, 4.69) is 4.98 Å². The van der Waals surface area contributed by atoms with Crippen molar-refractivity contribution < 1.29 is 4.42 Å². The largest absolute Gasteiger partial charge is 0.434 e.